The van der Waals surface area contributed by atoms with Gasteiger partial charge in [-0.3, -0.25) is 0 Å². The Labute approximate surface area is 115 Å². The van der Waals surface area contributed by atoms with Crippen LogP contribution in [0.2, 0.25) is 0 Å². The van der Waals surface area contributed by atoms with Crippen molar-refractivity contribution in [2.45, 2.75) is 39.2 Å². The summed E-state index contributed by atoms with van der Waals surface area (Å²) in [6.45, 7) is 9.10. The Morgan fingerprint density at radius 3 is 2.42 bits per heavy atom. The Hall–Kier alpha value is -0.930. The molecule has 2 nitrogen and oxygen atoms in total. The normalized spacial score (nSPS) is 19.9. The van der Waals surface area contributed by atoms with E-state index in [1.165, 1.54) is 12.1 Å². The highest BCUT2D eigenvalue weighted by Gasteiger charge is 2.34. The number of likely N-dealkylation sites (tertiary alicyclic amines) is 1. The number of aliphatic hydroxyl groups is 1. The lowest BCUT2D eigenvalue weighted by Gasteiger charge is -2.39. The minimum absolute atomic E-state index is 0.256. The molecular weight excluding hydrogens is 241 g/mol. The molecule has 1 heterocycles. The Morgan fingerprint density at radius 2 is 1.89 bits per heavy atom. The molecule has 0 radical (unpaired) electrons. The fourth-order valence-electron chi connectivity index (χ4n) is 2.92. The minimum Gasteiger partial charge on any atom is -0.385 e. The maximum absolute atomic E-state index is 13.5. The number of benzene rings is 1. The summed E-state index contributed by atoms with van der Waals surface area (Å²) in [6.07, 6.45) is 1.37. The molecule has 0 aliphatic carbocycles. The van der Waals surface area contributed by atoms with Gasteiger partial charge >= 0.3 is 0 Å². The van der Waals surface area contributed by atoms with Crippen LogP contribution in [0, 0.1) is 18.7 Å². The second-order valence-electron chi connectivity index (χ2n) is 6.24. The first-order valence-corrected chi connectivity index (χ1v) is 7.11. The molecule has 1 aliphatic heterocycles. The first kappa shape index (κ1) is 14.5. The van der Waals surface area contributed by atoms with Gasteiger partial charge in [0.1, 0.15) is 5.82 Å². The first-order chi connectivity index (χ1) is 8.89. The number of nitrogens with zero attached hydrogens (tertiary/aromatic N) is 1. The predicted octanol–water partition coefficient (Wildman–Crippen LogP) is 3.07. The molecule has 1 aromatic rings. The molecule has 0 amide bonds. The summed E-state index contributed by atoms with van der Waals surface area (Å²) in [5, 5.41) is 10.8. The summed E-state index contributed by atoms with van der Waals surface area (Å²) in [4.78, 5) is 2.38. The molecule has 1 saturated heterocycles. The third kappa shape index (κ3) is 3.54. The highest BCUT2D eigenvalue weighted by atomic mass is 19.1. The topological polar surface area (TPSA) is 23.5 Å². The molecule has 1 aliphatic rings. The van der Waals surface area contributed by atoms with Gasteiger partial charge in [-0.2, -0.15) is 0 Å². The number of hydrogen-bond donors (Lipinski definition) is 1. The molecular formula is C16H24FNO. The van der Waals surface area contributed by atoms with Gasteiger partial charge in [0.2, 0.25) is 0 Å². The highest BCUT2D eigenvalue weighted by Crippen LogP contribution is 2.33. The van der Waals surface area contributed by atoms with E-state index in [1.54, 1.807) is 0 Å². The smallest absolute Gasteiger partial charge is 0.123 e. The van der Waals surface area contributed by atoms with E-state index in [9.17, 15) is 9.50 Å². The number of halogens is 1. The quantitative estimate of drug-likeness (QED) is 0.908. The van der Waals surface area contributed by atoms with Crippen LogP contribution in [0.5, 0.6) is 0 Å². The van der Waals surface area contributed by atoms with E-state index >= 15 is 0 Å². The fraction of sp³-hybridized carbons (Fsp3) is 0.625. The number of aryl methyl sites for hydroxylation is 1. The lowest BCUT2D eigenvalue weighted by Crippen LogP contribution is -2.43. The van der Waals surface area contributed by atoms with Gasteiger partial charge < -0.3 is 10.0 Å². The van der Waals surface area contributed by atoms with Gasteiger partial charge in [0.25, 0.3) is 0 Å². The molecule has 0 aromatic heterocycles. The van der Waals surface area contributed by atoms with Gasteiger partial charge in [-0.1, -0.05) is 19.9 Å². The van der Waals surface area contributed by atoms with Crippen molar-refractivity contribution in [1.82, 2.24) is 4.90 Å². The SMILES string of the molecule is Cc1cc(F)cc(C2(O)CCN(CC(C)C)CC2)c1. The average Bonchev–Trinajstić information content (AvgIpc) is 2.30. The maximum atomic E-state index is 13.5. The van der Waals surface area contributed by atoms with Crippen molar-refractivity contribution in [1.29, 1.82) is 0 Å². The molecule has 1 N–H and O–H groups in total. The van der Waals surface area contributed by atoms with Gasteiger partial charge in [-0.05, 0) is 48.9 Å². The summed E-state index contributed by atoms with van der Waals surface area (Å²) in [5.74, 6) is 0.385. The van der Waals surface area contributed by atoms with Gasteiger partial charge in [-0.15, -0.1) is 0 Å². The van der Waals surface area contributed by atoms with E-state index in [0.29, 0.717) is 18.8 Å². The molecule has 0 spiro atoms. The maximum Gasteiger partial charge on any atom is 0.123 e. The Morgan fingerprint density at radius 1 is 1.26 bits per heavy atom. The number of piperidine rings is 1. The average molecular weight is 265 g/mol. The van der Waals surface area contributed by atoms with Crippen LogP contribution in [0.25, 0.3) is 0 Å². The molecule has 1 aromatic carbocycles. The van der Waals surface area contributed by atoms with Crippen LogP contribution in [0.1, 0.15) is 37.8 Å². The summed E-state index contributed by atoms with van der Waals surface area (Å²) in [6, 6.07) is 4.88. The minimum atomic E-state index is -0.861. The molecule has 19 heavy (non-hydrogen) atoms. The Kier molecular flexibility index (Phi) is 4.26. The van der Waals surface area contributed by atoms with Gasteiger partial charge in [-0.25, -0.2) is 4.39 Å². The molecule has 1 fully saturated rings. The molecule has 3 heteroatoms. The summed E-state index contributed by atoms with van der Waals surface area (Å²) >= 11 is 0. The van der Waals surface area contributed by atoms with Gasteiger partial charge in [0.15, 0.2) is 0 Å². The lowest BCUT2D eigenvalue weighted by atomic mass is 9.83. The van der Waals surface area contributed by atoms with Crippen molar-refractivity contribution in [3.05, 3.63) is 35.1 Å². The van der Waals surface area contributed by atoms with E-state index in [0.717, 1.165) is 30.8 Å². The van der Waals surface area contributed by atoms with Crippen LogP contribution in [0.3, 0.4) is 0 Å². The molecule has 0 saturated carbocycles. The lowest BCUT2D eigenvalue weighted by molar-refractivity contribution is -0.0282. The Balaban J connectivity index is 2.09. The predicted molar refractivity (Wildman–Crippen MR) is 75.5 cm³/mol. The van der Waals surface area contributed by atoms with Crippen LogP contribution in [-0.2, 0) is 5.60 Å². The van der Waals surface area contributed by atoms with E-state index < -0.39 is 5.60 Å². The number of rotatable bonds is 3. The van der Waals surface area contributed by atoms with E-state index in [-0.39, 0.29) is 5.82 Å². The van der Waals surface area contributed by atoms with E-state index in [4.69, 9.17) is 0 Å². The van der Waals surface area contributed by atoms with E-state index in [2.05, 4.69) is 18.7 Å². The third-order valence-corrected chi connectivity index (χ3v) is 3.89. The van der Waals surface area contributed by atoms with Crippen molar-refractivity contribution < 1.29 is 9.50 Å². The van der Waals surface area contributed by atoms with Crippen LogP contribution in [0.4, 0.5) is 4.39 Å². The van der Waals surface area contributed by atoms with E-state index in [1.807, 2.05) is 13.0 Å². The van der Waals surface area contributed by atoms with Gasteiger partial charge in [0, 0.05) is 19.6 Å². The second-order valence-corrected chi connectivity index (χ2v) is 6.24. The largest absolute Gasteiger partial charge is 0.385 e. The summed E-state index contributed by atoms with van der Waals surface area (Å²) < 4.78 is 13.5. The standard InChI is InChI=1S/C16H24FNO/c1-12(2)11-18-6-4-16(19,5-7-18)14-8-13(3)9-15(17)10-14/h8-10,12,19H,4-7,11H2,1-3H3. The fourth-order valence-corrected chi connectivity index (χ4v) is 2.92. The molecule has 0 atom stereocenters. The van der Waals surface area contributed by atoms with Gasteiger partial charge in [0.05, 0.1) is 5.60 Å². The molecule has 2 rings (SSSR count). The Bertz CT molecular complexity index is 416. The zero-order valence-electron chi connectivity index (χ0n) is 12.1. The van der Waals surface area contributed by atoms with Crippen molar-refractivity contribution in [2.24, 2.45) is 5.92 Å². The van der Waals surface area contributed by atoms with Crippen molar-refractivity contribution in [2.75, 3.05) is 19.6 Å². The van der Waals surface area contributed by atoms with Crippen molar-refractivity contribution >= 4 is 0 Å². The zero-order chi connectivity index (χ0) is 14.0. The van der Waals surface area contributed by atoms with Crippen LogP contribution < -0.4 is 0 Å². The zero-order valence-corrected chi connectivity index (χ0v) is 12.1. The van der Waals surface area contributed by atoms with Crippen molar-refractivity contribution in [3.8, 4) is 0 Å². The van der Waals surface area contributed by atoms with Crippen LogP contribution >= 0.6 is 0 Å². The summed E-state index contributed by atoms with van der Waals surface area (Å²) in [5.41, 5.74) is 0.739. The van der Waals surface area contributed by atoms with Crippen LogP contribution in [-0.4, -0.2) is 29.6 Å². The molecule has 0 bridgehead atoms. The van der Waals surface area contributed by atoms with Crippen molar-refractivity contribution in [3.63, 3.8) is 0 Å². The summed E-state index contributed by atoms with van der Waals surface area (Å²) in [7, 11) is 0. The highest BCUT2D eigenvalue weighted by molar-refractivity contribution is 5.29. The number of hydrogen-bond acceptors (Lipinski definition) is 2. The monoisotopic (exact) mass is 265 g/mol. The molecule has 106 valence electrons. The molecule has 0 unspecified atom stereocenters. The third-order valence-electron chi connectivity index (χ3n) is 3.89. The van der Waals surface area contributed by atoms with Crippen LogP contribution in [0.15, 0.2) is 18.2 Å². The first-order valence-electron chi connectivity index (χ1n) is 7.11. The second kappa shape index (κ2) is 5.59.